The maximum absolute atomic E-state index is 11.7. The van der Waals surface area contributed by atoms with Crippen LogP contribution in [0.3, 0.4) is 0 Å². The van der Waals surface area contributed by atoms with Crippen molar-refractivity contribution in [1.29, 1.82) is 0 Å². The molecule has 3 N–H and O–H groups in total. The van der Waals surface area contributed by atoms with Crippen LogP contribution >= 0.6 is 0 Å². The van der Waals surface area contributed by atoms with Crippen LogP contribution in [0.1, 0.15) is 77.6 Å². The van der Waals surface area contributed by atoms with Crippen molar-refractivity contribution in [3.05, 3.63) is 0 Å². The molecule has 1 nitrogen and oxygen atoms in total. The van der Waals surface area contributed by atoms with E-state index in [0.29, 0.717) is 0 Å². The summed E-state index contributed by atoms with van der Waals surface area (Å²) in [4.78, 5) is 0. The molecule has 15 heavy (non-hydrogen) atoms. The Bertz CT molecular complexity index is 84.5. The summed E-state index contributed by atoms with van der Waals surface area (Å²) in [5, 5.41) is 0. The van der Waals surface area contributed by atoms with Crippen LogP contribution in [0.5, 0.6) is 0 Å². The molecule has 0 aromatic rings. The zero-order valence-electron chi connectivity index (χ0n) is 10.6. The molecule has 0 aromatic heterocycles. The third kappa shape index (κ3) is 16.6. The summed E-state index contributed by atoms with van der Waals surface area (Å²) >= 11 is 0. The zero-order chi connectivity index (χ0) is 10.5. The Hall–Kier alpha value is -0.110. The normalized spacial score (nSPS) is 10.0. The maximum Gasteiger partial charge on any atom is 0.0894 e. The van der Waals surface area contributed by atoms with Gasteiger partial charge in [0.25, 0.3) is 0 Å². The first-order valence-electron chi connectivity index (χ1n) is 6.47. The summed E-state index contributed by atoms with van der Waals surface area (Å²) in [6.45, 7) is 2.13. The fourth-order valence-corrected chi connectivity index (χ4v) is 1.76. The van der Waals surface area contributed by atoms with Gasteiger partial charge in [-0.2, -0.15) is 0 Å². The van der Waals surface area contributed by atoms with Gasteiger partial charge in [0.05, 0.1) is 6.67 Å². The van der Waals surface area contributed by atoms with Crippen molar-refractivity contribution in [3.63, 3.8) is 0 Å². The van der Waals surface area contributed by atoms with E-state index in [0.717, 1.165) is 12.8 Å². The molecule has 0 aliphatic heterocycles. The van der Waals surface area contributed by atoms with Crippen LogP contribution in [-0.4, -0.2) is 6.67 Å². The lowest BCUT2D eigenvalue weighted by molar-refractivity contribution is 0.449. The van der Waals surface area contributed by atoms with Gasteiger partial charge in [0.1, 0.15) is 0 Å². The fourth-order valence-electron chi connectivity index (χ4n) is 1.76. The van der Waals surface area contributed by atoms with Gasteiger partial charge < -0.3 is 6.15 Å². The molecule has 0 aromatic carbocycles. The summed E-state index contributed by atoms with van der Waals surface area (Å²) in [7, 11) is 0. The smallest absolute Gasteiger partial charge is 0.0894 e. The lowest BCUT2D eigenvalue weighted by atomic mass is 10.1. The van der Waals surface area contributed by atoms with Crippen LogP contribution in [0, 0.1) is 0 Å². The fraction of sp³-hybridized carbons (Fsp3) is 1.00. The monoisotopic (exact) mass is 219 g/mol. The minimum absolute atomic E-state index is 0. The molecule has 0 saturated carbocycles. The van der Waals surface area contributed by atoms with Crippen LogP contribution in [0.4, 0.5) is 4.39 Å². The number of hydrogen-bond donors (Lipinski definition) is 1. The minimum atomic E-state index is -0.128. The van der Waals surface area contributed by atoms with E-state index in [-0.39, 0.29) is 12.8 Å². The van der Waals surface area contributed by atoms with Gasteiger partial charge in [-0.15, -0.1) is 0 Å². The Morgan fingerprint density at radius 2 is 0.933 bits per heavy atom. The molecule has 0 amide bonds. The molecule has 0 unspecified atom stereocenters. The first-order valence-corrected chi connectivity index (χ1v) is 6.47. The van der Waals surface area contributed by atoms with Gasteiger partial charge in [0, 0.05) is 0 Å². The van der Waals surface area contributed by atoms with Gasteiger partial charge in [-0.25, -0.2) is 0 Å². The number of hydrogen-bond acceptors (Lipinski definition) is 1. The van der Waals surface area contributed by atoms with Crippen LogP contribution in [0.25, 0.3) is 0 Å². The number of alkyl halides is 1. The molecule has 0 fully saturated rings. The van der Waals surface area contributed by atoms with Gasteiger partial charge in [-0.05, 0) is 6.42 Å². The first kappa shape index (κ1) is 17.3. The second kappa shape index (κ2) is 16.3. The average molecular weight is 219 g/mol. The lowest BCUT2D eigenvalue weighted by Crippen LogP contribution is -1.82. The molecule has 94 valence electrons. The average Bonchev–Trinajstić information content (AvgIpc) is 2.21. The number of rotatable bonds is 11. The summed E-state index contributed by atoms with van der Waals surface area (Å²) in [5.41, 5.74) is 0. The van der Waals surface area contributed by atoms with Gasteiger partial charge in [0.15, 0.2) is 0 Å². The Morgan fingerprint density at radius 3 is 1.27 bits per heavy atom. The summed E-state index contributed by atoms with van der Waals surface area (Å²) in [5.74, 6) is 0. The molecule has 0 bridgehead atoms. The predicted octanol–water partition coefficient (Wildman–Crippen LogP) is 5.43. The highest BCUT2D eigenvalue weighted by Crippen LogP contribution is 2.11. The third-order valence-corrected chi connectivity index (χ3v) is 2.74. The summed E-state index contributed by atoms with van der Waals surface area (Å²) < 4.78 is 11.7. The Morgan fingerprint density at radius 1 is 0.600 bits per heavy atom. The van der Waals surface area contributed by atoms with Crippen LogP contribution in [0.15, 0.2) is 0 Å². The van der Waals surface area contributed by atoms with Crippen LogP contribution in [-0.2, 0) is 0 Å². The maximum atomic E-state index is 11.7. The molecule has 0 aliphatic rings. The van der Waals surface area contributed by atoms with E-state index >= 15 is 0 Å². The van der Waals surface area contributed by atoms with Gasteiger partial charge >= 0.3 is 0 Å². The van der Waals surface area contributed by atoms with Gasteiger partial charge in [-0.3, -0.25) is 4.39 Å². The van der Waals surface area contributed by atoms with Crippen molar-refractivity contribution in [2.24, 2.45) is 0 Å². The topological polar surface area (TPSA) is 35.0 Å². The van der Waals surface area contributed by atoms with E-state index in [2.05, 4.69) is 6.92 Å². The number of unbranched alkanes of at least 4 members (excludes halogenated alkanes) is 10. The van der Waals surface area contributed by atoms with E-state index < -0.39 is 0 Å². The molecular weight excluding hydrogens is 189 g/mol. The molecule has 0 saturated heterocycles. The van der Waals surface area contributed by atoms with E-state index in [1.807, 2.05) is 0 Å². The molecule has 0 spiro atoms. The SMILES string of the molecule is CCCCCCCCCCCCCF.N. The van der Waals surface area contributed by atoms with E-state index in [1.165, 1.54) is 57.8 Å². The highest BCUT2D eigenvalue weighted by Gasteiger charge is 1.92. The molecular formula is C13H30FN. The first-order chi connectivity index (χ1) is 6.91. The highest BCUT2D eigenvalue weighted by atomic mass is 19.1. The zero-order valence-corrected chi connectivity index (χ0v) is 10.6. The molecule has 0 rings (SSSR count). The van der Waals surface area contributed by atoms with Gasteiger partial charge in [0.2, 0.25) is 0 Å². The minimum Gasteiger partial charge on any atom is -0.344 e. The lowest BCUT2D eigenvalue weighted by Gasteiger charge is -2.01. The Balaban J connectivity index is 0. The van der Waals surface area contributed by atoms with E-state index in [4.69, 9.17) is 0 Å². The third-order valence-electron chi connectivity index (χ3n) is 2.74. The highest BCUT2D eigenvalue weighted by molar-refractivity contribution is 4.47. The molecule has 0 radical (unpaired) electrons. The second-order valence-electron chi connectivity index (χ2n) is 4.22. The Labute approximate surface area is 95.4 Å². The second-order valence-corrected chi connectivity index (χ2v) is 4.22. The van der Waals surface area contributed by atoms with Crippen molar-refractivity contribution in [2.75, 3.05) is 6.67 Å². The molecule has 0 aliphatic carbocycles. The van der Waals surface area contributed by atoms with E-state index in [9.17, 15) is 4.39 Å². The Kier molecular flexibility index (Phi) is 18.8. The largest absolute Gasteiger partial charge is 0.344 e. The van der Waals surface area contributed by atoms with Gasteiger partial charge in [-0.1, -0.05) is 71.1 Å². The predicted molar refractivity (Wildman–Crippen MR) is 67.5 cm³/mol. The molecule has 0 heterocycles. The molecule has 2 heteroatoms. The standard InChI is InChI=1S/C13H27F.H3N/c1-2-3-4-5-6-7-8-9-10-11-12-13-14;/h2-13H2,1H3;1H3. The van der Waals surface area contributed by atoms with Crippen LogP contribution in [0.2, 0.25) is 0 Å². The van der Waals surface area contributed by atoms with Crippen LogP contribution < -0.4 is 6.15 Å². The van der Waals surface area contributed by atoms with Crippen molar-refractivity contribution in [3.8, 4) is 0 Å². The number of halogens is 1. The molecule has 0 atom stereocenters. The van der Waals surface area contributed by atoms with Crippen molar-refractivity contribution in [1.82, 2.24) is 6.15 Å². The van der Waals surface area contributed by atoms with E-state index in [1.54, 1.807) is 0 Å². The summed E-state index contributed by atoms with van der Waals surface area (Å²) in [6, 6.07) is 0. The van der Waals surface area contributed by atoms with Crippen molar-refractivity contribution >= 4 is 0 Å². The summed E-state index contributed by atoms with van der Waals surface area (Å²) in [6.07, 6.45) is 14.1. The quantitative estimate of drug-likeness (QED) is 0.462. The van der Waals surface area contributed by atoms with Crippen molar-refractivity contribution in [2.45, 2.75) is 77.6 Å². The van der Waals surface area contributed by atoms with Crippen molar-refractivity contribution < 1.29 is 4.39 Å².